The normalized spacial score (nSPS) is 11.9. The number of aliphatic imine (C=N–C) groups is 2. The Bertz CT molecular complexity index is 1040. The van der Waals surface area contributed by atoms with Crippen LogP contribution in [0.25, 0.3) is 16.9 Å². The van der Waals surface area contributed by atoms with Gasteiger partial charge in [0.1, 0.15) is 17.4 Å². The van der Waals surface area contributed by atoms with Crippen LogP contribution < -0.4 is 11.5 Å². The maximum Gasteiger partial charge on any atom is 0.125 e. The summed E-state index contributed by atoms with van der Waals surface area (Å²) >= 11 is 0. The summed E-state index contributed by atoms with van der Waals surface area (Å²) in [6.07, 6.45) is 1.88. The van der Waals surface area contributed by atoms with Gasteiger partial charge in [-0.1, -0.05) is 23.4 Å². The van der Waals surface area contributed by atoms with E-state index in [2.05, 4.69) is 20.3 Å². The fourth-order valence-electron chi connectivity index (χ4n) is 2.85. The van der Waals surface area contributed by atoms with Gasteiger partial charge >= 0.3 is 0 Å². The Morgan fingerprint density at radius 1 is 0.839 bits per heavy atom. The molecule has 0 amide bonds. The van der Waals surface area contributed by atoms with Crippen molar-refractivity contribution in [3.05, 3.63) is 65.9 Å². The minimum Gasteiger partial charge on any atom is -0.383 e. The van der Waals surface area contributed by atoms with Crippen molar-refractivity contribution >= 4 is 36.5 Å². The Balaban J connectivity index is 0.00000240. The van der Waals surface area contributed by atoms with E-state index in [1.165, 1.54) is 0 Å². The summed E-state index contributed by atoms with van der Waals surface area (Å²) in [5.74, 6) is 1.05. The Kier molecular flexibility index (Phi) is 9.68. The molecule has 2 aromatic carbocycles. The Hall–Kier alpha value is -2.90. The average molecular weight is 462 g/mol. The van der Waals surface area contributed by atoms with Gasteiger partial charge in [-0.3, -0.25) is 9.98 Å². The van der Waals surface area contributed by atoms with E-state index in [9.17, 15) is 0 Å². The van der Waals surface area contributed by atoms with Crippen molar-refractivity contribution in [3.8, 4) is 16.9 Å². The Labute approximate surface area is 195 Å². The first-order chi connectivity index (χ1) is 13.8. The van der Waals surface area contributed by atoms with Gasteiger partial charge in [0.05, 0.1) is 11.9 Å². The lowest BCUT2D eigenvalue weighted by Crippen LogP contribution is -2.15. The van der Waals surface area contributed by atoms with Gasteiger partial charge in [0.25, 0.3) is 0 Å². The lowest BCUT2D eigenvalue weighted by atomic mass is 10.1. The molecule has 0 fully saturated rings. The minimum atomic E-state index is 0. The highest BCUT2D eigenvalue weighted by Crippen LogP contribution is 2.19. The molecule has 0 aliphatic heterocycles. The van der Waals surface area contributed by atoms with Crippen LogP contribution in [-0.4, -0.2) is 38.7 Å². The minimum absolute atomic E-state index is 0. The fraction of sp³-hybridized carbons (Fsp3) is 0.273. The van der Waals surface area contributed by atoms with Crippen molar-refractivity contribution in [2.75, 3.05) is 0 Å². The highest BCUT2D eigenvalue weighted by atomic mass is 35.5. The quantitative estimate of drug-likeness (QED) is 0.426. The summed E-state index contributed by atoms with van der Waals surface area (Å²) in [6.45, 7) is 7.98. The third-order valence-corrected chi connectivity index (χ3v) is 4.17. The van der Waals surface area contributed by atoms with Gasteiger partial charge in [-0.25, -0.2) is 4.68 Å². The van der Waals surface area contributed by atoms with E-state index >= 15 is 0 Å². The van der Waals surface area contributed by atoms with Crippen LogP contribution in [0.1, 0.15) is 38.8 Å². The Morgan fingerprint density at radius 2 is 1.42 bits per heavy atom. The van der Waals surface area contributed by atoms with E-state index in [1.54, 1.807) is 4.68 Å². The van der Waals surface area contributed by atoms with Gasteiger partial charge in [0.2, 0.25) is 0 Å². The van der Waals surface area contributed by atoms with Gasteiger partial charge in [-0.15, -0.1) is 29.9 Å². The van der Waals surface area contributed by atoms with Crippen LogP contribution in [0.2, 0.25) is 0 Å². The van der Waals surface area contributed by atoms with Gasteiger partial charge in [-0.05, 0) is 58.0 Å². The number of benzene rings is 2. The SMILES string of the molecule is CC(C)N=C(N)c1ccc(-n2cc(-c3cccc(C(N)=NC(C)C)c3)nn2)cc1.Cl.Cl. The van der Waals surface area contributed by atoms with Crippen LogP contribution in [0.3, 0.4) is 0 Å². The Morgan fingerprint density at radius 3 is 2.00 bits per heavy atom. The number of nitrogens with zero attached hydrogens (tertiary/aromatic N) is 5. The van der Waals surface area contributed by atoms with Crippen LogP contribution >= 0.6 is 24.8 Å². The molecule has 0 radical (unpaired) electrons. The molecule has 7 nitrogen and oxygen atoms in total. The molecule has 31 heavy (non-hydrogen) atoms. The monoisotopic (exact) mass is 461 g/mol. The van der Waals surface area contributed by atoms with Crippen molar-refractivity contribution in [3.63, 3.8) is 0 Å². The zero-order chi connectivity index (χ0) is 21.0. The zero-order valence-corrected chi connectivity index (χ0v) is 19.7. The number of aromatic nitrogens is 3. The molecular weight excluding hydrogens is 433 g/mol. The topological polar surface area (TPSA) is 107 Å². The van der Waals surface area contributed by atoms with Crippen molar-refractivity contribution in [1.82, 2.24) is 15.0 Å². The fourth-order valence-corrected chi connectivity index (χ4v) is 2.85. The number of hydrogen-bond acceptors (Lipinski definition) is 4. The number of nitrogens with two attached hydrogens (primary N) is 2. The van der Waals surface area contributed by atoms with Crippen molar-refractivity contribution < 1.29 is 0 Å². The maximum atomic E-state index is 6.10. The number of hydrogen-bond donors (Lipinski definition) is 2. The van der Waals surface area contributed by atoms with Crippen molar-refractivity contribution in [1.29, 1.82) is 0 Å². The second-order valence-electron chi connectivity index (χ2n) is 7.39. The van der Waals surface area contributed by atoms with Crippen LogP contribution in [-0.2, 0) is 0 Å². The first kappa shape index (κ1) is 26.1. The molecule has 1 heterocycles. The standard InChI is InChI=1S/C22H27N7.2ClH/c1-14(2)25-21(23)16-8-10-19(11-9-16)29-13-20(27-28-29)17-6-5-7-18(12-17)22(24)26-15(3)4;;/h5-15H,1-4H3,(H2,23,25)(H2,24,26);2*1H. The molecule has 166 valence electrons. The van der Waals surface area contributed by atoms with Gasteiger partial charge in [0, 0.05) is 28.8 Å². The highest BCUT2D eigenvalue weighted by Gasteiger charge is 2.09. The number of amidine groups is 2. The van der Waals surface area contributed by atoms with Crippen LogP contribution in [0.4, 0.5) is 0 Å². The summed E-state index contributed by atoms with van der Waals surface area (Å²) < 4.78 is 1.73. The smallest absolute Gasteiger partial charge is 0.125 e. The van der Waals surface area contributed by atoms with Gasteiger partial charge in [0.15, 0.2) is 0 Å². The van der Waals surface area contributed by atoms with E-state index in [4.69, 9.17) is 11.5 Å². The summed E-state index contributed by atoms with van der Waals surface area (Å²) in [4.78, 5) is 8.78. The summed E-state index contributed by atoms with van der Waals surface area (Å²) in [7, 11) is 0. The lowest BCUT2D eigenvalue weighted by molar-refractivity contribution is 0.803. The van der Waals surface area contributed by atoms with E-state index in [1.807, 2.05) is 82.4 Å². The molecule has 3 aromatic rings. The predicted molar refractivity (Wildman–Crippen MR) is 133 cm³/mol. The molecule has 0 atom stereocenters. The first-order valence-electron chi connectivity index (χ1n) is 9.64. The van der Waals surface area contributed by atoms with Crippen LogP contribution in [0.5, 0.6) is 0 Å². The van der Waals surface area contributed by atoms with E-state index in [0.29, 0.717) is 11.7 Å². The molecule has 0 aliphatic rings. The second kappa shape index (κ2) is 11.5. The van der Waals surface area contributed by atoms with Crippen LogP contribution in [0.15, 0.2) is 64.7 Å². The maximum absolute atomic E-state index is 6.10. The molecule has 0 saturated heterocycles. The van der Waals surface area contributed by atoms with E-state index in [-0.39, 0.29) is 36.9 Å². The number of rotatable bonds is 6. The average Bonchev–Trinajstić information content (AvgIpc) is 3.17. The van der Waals surface area contributed by atoms with E-state index < -0.39 is 0 Å². The molecule has 4 N–H and O–H groups in total. The number of halogens is 2. The zero-order valence-electron chi connectivity index (χ0n) is 18.1. The molecule has 0 aliphatic carbocycles. The molecule has 0 bridgehead atoms. The third kappa shape index (κ3) is 6.80. The van der Waals surface area contributed by atoms with Gasteiger partial charge < -0.3 is 11.5 Å². The predicted octanol–water partition coefficient (Wildman–Crippen LogP) is 4.01. The molecule has 9 heteroatoms. The molecule has 0 unspecified atom stereocenters. The summed E-state index contributed by atoms with van der Waals surface area (Å²) in [6, 6.07) is 15.9. The molecule has 0 spiro atoms. The first-order valence-corrected chi connectivity index (χ1v) is 9.64. The molecule has 1 aromatic heterocycles. The summed E-state index contributed by atoms with van der Waals surface area (Å²) in [5.41, 5.74) is 16.5. The highest BCUT2D eigenvalue weighted by molar-refractivity contribution is 5.98. The molecular formula is C22H29Cl2N7. The van der Waals surface area contributed by atoms with Crippen molar-refractivity contribution in [2.24, 2.45) is 21.5 Å². The largest absolute Gasteiger partial charge is 0.383 e. The van der Waals surface area contributed by atoms with E-state index in [0.717, 1.165) is 28.1 Å². The third-order valence-electron chi connectivity index (χ3n) is 4.17. The molecule has 0 saturated carbocycles. The van der Waals surface area contributed by atoms with Gasteiger partial charge in [-0.2, -0.15) is 0 Å². The molecule has 3 rings (SSSR count). The lowest BCUT2D eigenvalue weighted by Gasteiger charge is -2.05. The van der Waals surface area contributed by atoms with Crippen molar-refractivity contribution in [2.45, 2.75) is 39.8 Å². The second-order valence-corrected chi connectivity index (χ2v) is 7.39. The van der Waals surface area contributed by atoms with Crippen LogP contribution in [0, 0.1) is 0 Å². The summed E-state index contributed by atoms with van der Waals surface area (Å²) in [5, 5.41) is 8.56.